The van der Waals surface area contributed by atoms with E-state index in [9.17, 15) is 20.1 Å². The molecule has 0 radical (unpaired) electrons. The molecule has 0 spiro atoms. The van der Waals surface area contributed by atoms with Crippen molar-refractivity contribution < 1.29 is 24.4 Å². The Bertz CT molecular complexity index is 1900. The lowest BCUT2D eigenvalue weighted by molar-refractivity contribution is -0.374. The van der Waals surface area contributed by atoms with Crippen LogP contribution in [0.1, 0.15) is 63.6 Å². The highest BCUT2D eigenvalue weighted by atomic mass is 19.1. The summed E-state index contributed by atoms with van der Waals surface area (Å²) in [5.74, 6) is -0.660. The van der Waals surface area contributed by atoms with Crippen molar-refractivity contribution in [3.63, 3.8) is 0 Å². The second-order valence-electron chi connectivity index (χ2n) is 11.5. The number of benzene rings is 1. The maximum atomic E-state index is 15.3. The largest absolute Gasteiger partial charge is 0.377 e. The predicted octanol–water partition coefficient (Wildman–Crippen LogP) is 3.79. The molecule has 0 atom stereocenters. The Kier molecular flexibility index (Phi) is 5.62. The fourth-order valence-electron chi connectivity index (χ4n) is 6.64. The molecule has 2 aliphatic rings. The molecule has 12 heteroatoms. The van der Waals surface area contributed by atoms with Gasteiger partial charge in [0.15, 0.2) is 0 Å². The highest BCUT2D eigenvalue weighted by Gasteiger charge is 2.36. The first kappa shape index (κ1) is 26.1. The molecule has 0 saturated heterocycles. The van der Waals surface area contributed by atoms with E-state index in [-0.39, 0.29) is 17.1 Å². The lowest BCUT2D eigenvalue weighted by atomic mass is 9.91. The summed E-state index contributed by atoms with van der Waals surface area (Å²) in [6, 6.07) is 5.71. The van der Waals surface area contributed by atoms with Crippen molar-refractivity contribution in [3.8, 4) is 22.4 Å². The van der Waals surface area contributed by atoms with Crippen LogP contribution in [0.25, 0.3) is 44.5 Å². The Hall–Kier alpha value is -3.84. The summed E-state index contributed by atoms with van der Waals surface area (Å²) in [7, 11) is 0. The first-order valence-corrected chi connectivity index (χ1v) is 13.9. The summed E-state index contributed by atoms with van der Waals surface area (Å²) in [6.45, 7) is 6.76. The first-order chi connectivity index (χ1) is 19.5. The number of H-pyrrole nitrogens is 1. The number of ether oxygens (including phenoxy) is 1. The van der Waals surface area contributed by atoms with Gasteiger partial charge >= 0.3 is 11.8 Å². The highest BCUT2D eigenvalue weighted by molar-refractivity contribution is 6.14. The number of nitrogens with one attached hydrogen (secondary N) is 1. The van der Waals surface area contributed by atoms with E-state index >= 15 is 4.39 Å². The Morgan fingerprint density at radius 3 is 2.66 bits per heavy atom. The molecule has 5 aromatic rings. The fraction of sp³-hybridized carbons (Fsp3) is 0.414. The molecular weight excluding hydrogens is 531 g/mol. The second-order valence-corrected chi connectivity index (χ2v) is 11.5. The maximum absolute atomic E-state index is 15.3. The summed E-state index contributed by atoms with van der Waals surface area (Å²) >= 11 is 0. The molecule has 1 aliphatic heterocycles. The van der Waals surface area contributed by atoms with Crippen LogP contribution >= 0.6 is 0 Å². The quantitative estimate of drug-likeness (QED) is 0.239. The number of rotatable bonds is 5. The standard InChI is InChI=1S/C29H31FN6O5/c1-4-34-13-18(25(30)33-34)23-21(15-9-10-19-16(11-15)14-41-28(19,2)3)22-24-20(12-31-26(22)32-23)36(29(38,39)40)27(37)35(24)17-7-5-6-8-17/h9-13,17,38-40H,4-8,14H2,1-3H3,(H,31,32). The predicted molar refractivity (Wildman–Crippen MR) is 148 cm³/mol. The number of pyridine rings is 1. The average Bonchev–Trinajstić information content (AvgIpc) is 3.72. The maximum Gasteiger partial charge on any atom is 0.377 e. The van der Waals surface area contributed by atoms with Crippen LogP contribution in [0.3, 0.4) is 0 Å². The molecular formula is C29H31FN6O5. The number of aliphatic hydroxyl groups is 3. The zero-order chi connectivity index (χ0) is 28.8. The van der Waals surface area contributed by atoms with Gasteiger partial charge < -0.3 is 25.0 Å². The molecule has 1 fully saturated rings. The molecule has 1 aliphatic carbocycles. The van der Waals surface area contributed by atoms with Crippen LogP contribution in [0.4, 0.5) is 4.39 Å². The van der Waals surface area contributed by atoms with E-state index < -0.39 is 23.3 Å². The Morgan fingerprint density at radius 1 is 1.22 bits per heavy atom. The van der Waals surface area contributed by atoms with E-state index in [4.69, 9.17) is 4.74 Å². The van der Waals surface area contributed by atoms with Gasteiger partial charge in [-0.3, -0.25) is 9.25 Å². The number of hydrogen-bond acceptors (Lipinski definition) is 7. The van der Waals surface area contributed by atoms with Gasteiger partial charge in [0.25, 0.3) is 0 Å². The van der Waals surface area contributed by atoms with Crippen LogP contribution in [-0.4, -0.2) is 44.2 Å². The van der Waals surface area contributed by atoms with Gasteiger partial charge in [0.1, 0.15) is 5.65 Å². The van der Waals surface area contributed by atoms with Crippen LogP contribution in [-0.2, 0) is 29.6 Å². The Labute approximate surface area is 233 Å². The van der Waals surface area contributed by atoms with Gasteiger partial charge in [0, 0.05) is 24.3 Å². The first-order valence-electron chi connectivity index (χ1n) is 13.9. The van der Waals surface area contributed by atoms with Crippen molar-refractivity contribution in [2.45, 2.75) is 77.3 Å². The van der Waals surface area contributed by atoms with E-state index in [2.05, 4.69) is 15.1 Å². The zero-order valence-corrected chi connectivity index (χ0v) is 23.0. The Balaban J connectivity index is 1.63. The molecule has 0 bridgehead atoms. The van der Waals surface area contributed by atoms with Crippen LogP contribution in [0, 0.1) is 5.95 Å². The van der Waals surface area contributed by atoms with E-state index in [0.29, 0.717) is 58.4 Å². The molecule has 7 rings (SSSR count). The van der Waals surface area contributed by atoms with Gasteiger partial charge in [0.2, 0.25) is 5.95 Å². The monoisotopic (exact) mass is 562 g/mol. The van der Waals surface area contributed by atoms with Crippen molar-refractivity contribution in [1.82, 2.24) is 28.9 Å². The van der Waals surface area contributed by atoms with Gasteiger partial charge in [-0.25, -0.2) is 14.3 Å². The molecule has 11 nitrogen and oxygen atoms in total. The van der Waals surface area contributed by atoms with Gasteiger partial charge in [0.05, 0.1) is 46.1 Å². The molecule has 214 valence electrons. The minimum absolute atomic E-state index is 0.0454. The van der Waals surface area contributed by atoms with Crippen LogP contribution < -0.4 is 5.69 Å². The number of hydrogen-bond donors (Lipinski definition) is 4. The summed E-state index contributed by atoms with van der Waals surface area (Å²) < 4.78 is 24.9. The minimum atomic E-state index is -3.45. The summed E-state index contributed by atoms with van der Waals surface area (Å²) in [5, 5.41) is 35.2. The van der Waals surface area contributed by atoms with Gasteiger partial charge in [-0.2, -0.15) is 4.39 Å². The van der Waals surface area contributed by atoms with Crippen LogP contribution in [0.5, 0.6) is 0 Å². The third-order valence-electron chi connectivity index (χ3n) is 8.59. The number of aromatic nitrogens is 6. The molecule has 1 saturated carbocycles. The van der Waals surface area contributed by atoms with Crippen molar-refractivity contribution >= 4 is 22.1 Å². The summed E-state index contributed by atoms with van der Waals surface area (Å²) in [4.78, 5) is 21.5. The smallest absolute Gasteiger partial charge is 0.366 e. The number of aryl methyl sites for hydroxylation is 1. The number of fused-ring (bicyclic) bond motifs is 4. The second kappa shape index (κ2) is 8.83. The van der Waals surface area contributed by atoms with E-state index in [1.165, 1.54) is 15.4 Å². The average molecular weight is 563 g/mol. The molecule has 0 unspecified atom stereocenters. The Morgan fingerprint density at radius 2 is 1.98 bits per heavy atom. The molecule has 0 amide bonds. The fourth-order valence-corrected chi connectivity index (χ4v) is 6.64. The third-order valence-corrected chi connectivity index (χ3v) is 8.59. The molecule has 41 heavy (non-hydrogen) atoms. The zero-order valence-electron chi connectivity index (χ0n) is 23.0. The summed E-state index contributed by atoms with van der Waals surface area (Å²) in [6.07, 6.45) is 2.74. The lowest BCUT2D eigenvalue weighted by Crippen LogP contribution is -2.41. The number of nitrogens with zero attached hydrogens (tertiary/aromatic N) is 5. The molecule has 5 heterocycles. The SMILES string of the molecule is CCn1cc(-c2[nH]c3ncc4c(c3c2-c2ccc3c(c2)COC3(C)C)n(C2CCCC2)c(=O)n4C(O)(O)O)c(F)n1. The van der Waals surface area contributed by atoms with Gasteiger partial charge in [-0.15, -0.1) is 5.10 Å². The molecule has 4 aromatic heterocycles. The van der Waals surface area contributed by atoms with Crippen LogP contribution in [0.2, 0.25) is 0 Å². The molecule has 4 N–H and O–H groups in total. The number of halogens is 1. The van der Waals surface area contributed by atoms with E-state index in [1.807, 2.05) is 39.0 Å². The number of imidazole rings is 1. The summed E-state index contributed by atoms with van der Waals surface area (Å²) in [5.41, 5.74) is 3.62. The topological polar surface area (TPSA) is 143 Å². The van der Waals surface area contributed by atoms with E-state index in [1.54, 1.807) is 6.20 Å². The van der Waals surface area contributed by atoms with Gasteiger partial charge in [-0.05, 0) is 56.4 Å². The van der Waals surface area contributed by atoms with Crippen molar-refractivity contribution in [2.75, 3.05) is 0 Å². The number of aromatic amines is 1. The van der Waals surface area contributed by atoms with Crippen molar-refractivity contribution in [1.29, 1.82) is 0 Å². The minimum Gasteiger partial charge on any atom is -0.366 e. The molecule has 1 aromatic carbocycles. The van der Waals surface area contributed by atoms with Crippen molar-refractivity contribution in [2.24, 2.45) is 0 Å². The normalized spacial score (nSPS) is 17.3. The van der Waals surface area contributed by atoms with Crippen LogP contribution in [0.15, 0.2) is 35.4 Å². The lowest BCUT2D eigenvalue weighted by Gasteiger charge is -2.18. The van der Waals surface area contributed by atoms with E-state index in [0.717, 1.165) is 29.5 Å². The van der Waals surface area contributed by atoms with Gasteiger partial charge in [-0.1, -0.05) is 25.0 Å². The third kappa shape index (κ3) is 3.82. The van der Waals surface area contributed by atoms with Crippen molar-refractivity contribution in [3.05, 3.63) is 58.2 Å². The highest BCUT2D eigenvalue weighted by Crippen LogP contribution is 2.45.